The SMILES string of the molecule is CCn1ncc2ccc(NC(=O)[C@@H]3Cc4ccccc4N3C(C)=O)cc21. The van der Waals surface area contributed by atoms with E-state index in [-0.39, 0.29) is 11.8 Å². The van der Waals surface area contributed by atoms with Gasteiger partial charge in [0.1, 0.15) is 6.04 Å². The van der Waals surface area contributed by atoms with Gasteiger partial charge in [-0.2, -0.15) is 5.10 Å². The third-order valence-electron chi connectivity index (χ3n) is 4.83. The van der Waals surface area contributed by atoms with Gasteiger partial charge < -0.3 is 5.32 Å². The number of nitrogens with one attached hydrogen (secondary N) is 1. The molecule has 1 aliphatic rings. The maximum Gasteiger partial charge on any atom is 0.247 e. The molecule has 0 unspecified atom stereocenters. The fraction of sp³-hybridized carbons (Fsp3) is 0.250. The van der Waals surface area contributed by atoms with Crippen molar-refractivity contribution < 1.29 is 9.59 Å². The van der Waals surface area contributed by atoms with Gasteiger partial charge in [0.15, 0.2) is 0 Å². The molecule has 0 saturated carbocycles. The maximum absolute atomic E-state index is 12.9. The zero-order valence-electron chi connectivity index (χ0n) is 14.8. The third kappa shape index (κ3) is 2.63. The molecule has 1 N–H and O–H groups in total. The van der Waals surface area contributed by atoms with E-state index in [1.165, 1.54) is 6.92 Å². The molecule has 2 aromatic carbocycles. The molecular weight excluding hydrogens is 328 g/mol. The predicted molar refractivity (Wildman–Crippen MR) is 101 cm³/mol. The highest BCUT2D eigenvalue weighted by Gasteiger charge is 2.36. The Kier molecular flexibility index (Phi) is 3.95. The fourth-order valence-electron chi connectivity index (χ4n) is 3.61. The second-order valence-corrected chi connectivity index (χ2v) is 6.46. The van der Waals surface area contributed by atoms with Crippen molar-refractivity contribution in [3.63, 3.8) is 0 Å². The molecule has 1 aliphatic heterocycles. The number of carbonyl (C=O) groups excluding carboxylic acids is 2. The monoisotopic (exact) mass is 348 g/mol. The van der Waals surface area contributed by atoms with E-state index in [0.29, 0.717) is 12.1 Å². The van der Waals surface area contributed by atoms with E-state index >= 15 is 0 Å². The quantitative estimate of drug-likeness (QED) is 0.791. The highest BCUT2D eigenvalue weighted by Crippen LogP contribution is 2.32. The van der Waals surface area contributed by atoms with Gasteiger partial charge in [0.25, 0.3) is 0 Å². The smallest absolute Gasteiger partial charge is 0.247 e. The number of aryl methyl sites for hydroxylation is 1. The normalized spacial score (nSPS) is 15.9. The Balaban J connectivity index is 1.61. The number of benzene rings is 2. The van der Waals surface area contributed by atoms with Gasteiger partial charge >= 0.3 is 0 Å². The number of aromatic nitrogens is 2. The summed E-state index contributed by atoms with van der Waals surface area (Å²) >= 11 is 0. The highest BCUT2D eigenvalue weighted by atomic mass is 16.2. The minimum absolute atomic E-state index is 0.130. The standard InChI is InChI=1S/C20H20N4O2/c1-3-23-18-11-16(9-8-15(18)12-21-23)22-20(26)19-10-14-6-4-5-7-17(14)24(19)13(2)25/h4-9,11-12,19H,3,10H2,1-2H3,(H,22,26)/t19-/m0/s1. The van der Waals surface area contributed by atoms with Gasteiger partial charge in [0, 0.05) is 36.7 Å². The van der Waals surface area contributed by atoms with Gasteiger partial charge in [-0.1, -0.05) is 18.2 Å². The zero-order chi connectivity index (χ0) is 18.3. The Morgan fingerprint density at radius 3 is 2.81 bits per heavy atom. The van der Waals surface area contributed by atoms with Gasteiger partial charge in [0.05, 0.1) is 11.7 Å². The Morgan fingerprint density at radius 2 is 2.04 bits per heavy atom. The molecule has 6 nitrogen and oxygen atoms in total. The largest absolute Gasteiger partial charge is 0.324 e. The summed E-state index contributed by atoms with van der Waals surface area (Å²) in [6.07, 6.45) is 2.34. The van der Waals surface area contributed by atoms with Crippen molar-refractivity contribution in [1.29, 1.82) is 0 Å². The molecule has 6 heteroatoms. The second-order valence-electron chi connectivity index (χ2n) is 6.46. The van der Waals surface area contributed by atoms with Crippen molar-refractivity contribution in [1.82, 2.24) is 9.78 Å². The summed E-state index contributed by atoms with van der Waals surface area (Å²) in [6.45, 7) is 4.28. The van der Waals surface area contributed by atoms with E-state index in [2.05, 4.69) is 10.4 Å². The van der Waals surface area contributed by atoms with Crippen LogP contribution in [0.3, 0.4) is 0 Å². The van der Waals surface area contributed by atoms with Gasteiger partial charge in [0.2, 0.25) is 11.8 Å². The number of carbonyl (C=O) groups is 2. The molecule has 2 amide bonds. The predicted octanol–water partition coefficient (Wildman–Crippen LogP) is 2.97. The lowest BCUT2D eigenvalue weighted by Gasteiger charge is -2.23. The van der Waals surface area contributed by atoms with Crippen LogP contribution in [-0.2, 0) is 22.6 Å². The van der Waals surface area contributed by atoms with Crippen molar-refractivity contribution in [2.75, 3.05) is 10.2 Å². The lowest BCUT2D eigenvalue weighted by Crippen LogP contribution is -2.44. The average molecular weight is 348 g/mol. The van der Waals surface area contributed by atoms with Crippen molar-refractivity contribution in [2.45, 2.75) is 32.9 Å². The van der Waals surface area contributed by atoms with Crippen LogP contribution < -0.4 is 10.2 Å². The maximum atomic E-state index is 12.9. The molecule has 0 fully saturated rings. The van der Waals surface area contributed by atoms with Crippen LogP contribution in [-0.4, -0.2) is 27.6 Å². The number of hydrogen-bond acceptors (Lipinski definition) is 3. The molecule has 2 heterocycles. The minimum atomic E-state index is -0.531. The molecule has 4 rings (SSSR count). The van der Waals surface area contributed by atoms with Crippen molar-refractivity contribution in [2.24, 2.45) is 0 Å². The van der Waals surface area contributed by atoms with Crippen LogP contribution in [0.2, 0.25) is 0 Å². The van der Waals surface area contributed by atoms with Crippen LogP contribution in [0.25, 0.3) is 10.9 Å². The molecule has 0 aliphatic carbocycles. The van der Waals surface area contributed by atoms with Crippen LogP contribution in [0.1, 0.15) is 19.4 Å². The number of amides is 2. The molecule has 0 saturated heterocycles. The highest BCUT2D eigenvalue weighted by molar-refractivity contribution is 6.07. The van der Waals surface area contributed by atoms with E-state index in [1.807, 2.05) is 60.3 Å². The molecule has 132 valence electrons. The number of para-hydroxylation sites is 1. The number of nitrogens with zero attached hydrogens (tertiary/aromatic N) is 3. The van der Waals surface area contributed by atoms with Crippen LogP contribution in [0, 0.1) is 0 Å². The third-order valence-corrected chi connectivity index (χ3v) is 4.83. The molecule has 1 aromatic heterocycles. The van der Waals surface area contributed by atoms with Gasteiger partial charge in [-0.15, -0.1) is 0 Å². The fourth-order valence-corrected chi connectivity index (χ4v) is 3.61. The van der Waals surface area contributed by atoms with Gasteiger partial charge in [-0.05, 0) is 36.8 Å². The zero-order valence-corrected chi connectivity index (χ0v) is 14.8. The van der Waals surface area contributed by atoms with Crippen molar-refractivity contribution >= 4 is 34.1 Å². The Hall–Kier alpha value is -3.15. The first-order valence-corrected chi connectivity index (χ1v) is 8.72. The second kappa shape index (κ2) is 6.29. The number of rotatable bonds is 3. The van der Waals surface area contributed by atoms with Crippen LogP contribution in [0.4, 0.5) is 11.4 Å². The van der Waals surface area contributed by atoms with Gasteiger partial charge in [-0.3, -0.25) is 19.2 Å². The summed E-state index contributed by atoms with van der Waals surface area (Å²) in [5.74, 6) is -0.312. The first-order valence-electron chi connectivity index (χ1n) is 8.72. The van der Waals surface area contributed by atoms with E-state index in [1.54, 1.807) is 4.90 Å². The van der Waals surface area contributed by atoms with E-state index in [4.69, 9.17) is 0 Å². The summed E-state index contributed by atoms with van der Waals surface area (Å²) in [6, 6.07) is 12.9. The first-order chi connectivity index (χ1) is 12.6. The Morgan fingerprint density at radius 1 is 1.23 bits per heavy atom. The average Bonchev–Trinajstić information content (AvgIpc) is 3.22. The van der Waals surface area contributed by atoms with Crippen molar-refractivity contribution in [3.05, 3.63) is 54.2 Å². The summed E-state index contributed by atoms with van der Waals surface area (Å²) in [7, 11) is 0. The topological polar surface area (TPSA) is 67.2 Å². The lowest BCUT2D eigenvalue weighted by atomic mass is 10.1. The molecule has 3 aromatic rings. The molecular formula is C20H20N4O2. The minimum Gasteiger partial charge on any atom is -0.324 e. The molecule has 1 atom stereocenters. The van der Waals surface area contributed by atoms with Crippen molar-refractivity contribution in [3.8, 4) is 0 Å². The molecule has 0 spiro atoms. The Labute approximate surface area is 151 Å². The molecule has 0 bridgehead atoms. The van der Waals surface area contributed by atoms with E-state index in [0.717, 1.165) is 28.7 Å². The first kappa shape index (κ1) is 16.3. The van der Waals surface area contributed by atoms with Crippen LogP contribution >= 0.6 is 0 Å². The summed E-state index contributed by atoms with van der Waals surface area (Å²) in [5.41, 5.74) is 3.52. The van der Waals surface area contributed by atoms with Crippen LogP contribution in [0.15, 0.2) is 48.7 Å². The molecule has 26 heavy (non-hydrogen) atoms. The molecule has 0 radical (unpaired) electrons. The van der Waals surface area contributed by atoms with Crippen LogP contribution in [0.5, 0.6) is 0 Å². The summed E-state index contributed by atoms with van der Waals surface area (Å²) < 4.78 is 1.89. The Bertz CT molecular complexity index is 1010. The van der Waals surface area contributed by atoms with Gasteiger partial charge in [-0.25, -0.2) is 0 Å². The van der Waals surface area contributed by atoms with E-state index in [9.17, 15) is 9.59 Å². The number of anilines is 2. The summed E-state index contributed by atoms with van der Waals surface area (Å²) in [4.78, 5) is 26.6. The number of hydrogen-bond donors (Lipinski definition) is 1. The van der Waals surface area contributed by atoms with E-state index < -0.39 is 6.04 Å². The lowest BCUT2D eigenvalue weighted by molar-refractivity contribution is -0.122. The summed E-state index contributed by atoms with van der Waals surface area (Å²) in [5, 5.41) is 8.32. The number of fused-ring (bicyclic) bond motifs is 2.